The van der Waals surface area contributed by atoms with Gasteiger partial charge in [0.05, 0.1) is 19.1 Å². The van der Waals surface area contributed by atoms with Gasteiger partial charge in [0.1, 0.15) is 5.56 Å². The number of nitrogens with zero attached hydrogens (tertiary/aromatic N) is 3. The first-order chi connectivity index (χ1) is 12.4. The van der Waals surface area contributed by atoms with E-state index in [1.54, 1.807) is 27.5 Å². The van der Waals surface area contributed by atoms with Crippen LogP contribution in [0, 0.1) is 6.92 Å². The summed E-state index contributed by atoms with van der Waals surface area (Å²) in [7, 11) is 1.71. The summed E-state index contributed by atoms with van der Waals surface area (Å²) in [6, 6.07) is 1.39. The van der Waals surface area contributed by atoms with Crippen LogP contribution in [0.1, 0.15) is 47.8 Å². The Morgan fingerprint density at radius 3 is 2.85 bits per heavy atom. The smallest absolute Gasteiger partial charge is 0.263 e. The topological polar surface area (TPSA) is 71.8 Å². The SMILES string of the molecule is CCc1c(C)cc(C(=O)N2CC[C@@]34OCCCN3C(=O)C[C@@H]24)c(=O)n1C. The van der Waals surface area contributed by atoms with Crippen molar-refractivity contribution in [1.29, 1.82) is 0 Å². The number of hydrogen-bond donors (Lipinski definition) is 0. The van der Waals surface area contributed by atoms with E-state index >= 15 is 0 Å². The average Bonchev–Trinajstić information content (AvgIpc) is 3.10. The Bertz CT molecular complexity index is 846. The fraction of sp³-hybridized carbons (Fsp3) is 0.632. The minimum atomic E-state index is -0.686. The standard InChI is InChI=1S/C19H25N3O4/c1-4-14-12(2)10-13(17(24)20(14)3)18(25)21-8-6-19-15(21)11-16(23)22(19)7-5-9-26-19/h10,15H,4-9,11H2,1-3H3/t15-,19+/m1/s1. The molecule has 2 atom stereocenters. The van der Waals surface area contributed by atoms with Crippen LogP contribution in [0.3, 0.4) is 0 Å². The summed E-state index contributed by atoms with van der Waals surface area (Å²) in [5.41, 5.74) is 1.09. The first kappa shape index (κ1) is 17.3. The average molecular weight is 359 g/mol. The Labute approximate surface area is 152 Å². The monoisotopic (exact) mass is 359 g/mol. The van der Waals surface area contributed by atoms with Crippen LogP contribution in [0.15, 0.2) is 10.9 Å². The Balaban J connectivity index is 1.71. The van der Waals surface area contributed by atoms with E-state index in [-0.39, 0.29) is 35.4 Å². The largest absolute Gasteiger partial charge is 0.353 e. The Morgan fingerprint density at radius 2 is 2.12 bits per heavy atom. The van der Waals surface area contributed by atoms with Gasteiger partial charge in [-0.3, -0.25) is 14.4 Å². The number of aryl methyl sites for hydroxylation is 1. The molecule has 0 unspecified atom stereocenters. The lowest BCUT2D eigenvalue weighted by molar-refractivity contribution is -0.179. The zero-order chi connectivity index (χ0) is 18.6. The molecule has 0 N–H and O–H groups in total. The first-order valence-corrected chi connectivity index (χ1v) is 9.35. The summed E-state index contributed by atoms with van der Waals surface area (Å²) in [6.45, 7) is 5.71. The third kappa shape index (κ3) is 2.19. The highest BCUT2D eigenvalue weighted by Gasteiger charge is 2.61. The fourth-order valence-electron chi connectivity index (χ4n) is 4.95. The zero-order valence-corrected chi connectivity index (χ0v) is 15.6. The van der Waals surface area contributed by atoms with Gasteiger partial charge in [-0.1, -0.05) is 6.92 Å². The van der Waals surface area contributed by atoms with Crippen molar-refractivity contribution in [3.63, 3.8) is 0 Å². The second kappa shape index (κ2) is 5.94. The van der Waals surface area contributed by atoms with Crippen molar-refractivity contribution in [2.45, 2.75) is 51.3 Å². The molecular formula is C19H25N3O4. The molecule has 0 aromatic carbocycles. The molecule has 1 aromatic heterocycles. The lowest BCUT2D eigenvalue weighted by Gasteiger charge is -2.42. The first-order valence-electron chi connectivity index (χ1n) is 9.35. The highest BCUT2D eigenvalue weighted by Crippen LogP contribution is 2.45. The van der Waals surface area contributed by atoms with Crippen molar-refractivity contribution in [1.82, 2.24) is 14.4 Å². The molecule has 3 aliphatic rings. The highest BCUT2D eigenvalue weighted by atomic mass is 16.5. The molecule has 3 aliphatic heterocycles. The van der Waals surface area contributed by atoms with Crippen LogP contribution in [0.25, 0.3) is 0 Å². The minimum Gasteiger partial charge on any atom is -0.353 e. The molecule has 0 aliphatic carbocycles. The molecule has 0 saturated carbocycles. The minimum absolute atomic E-state index is 0.0395. The van der Waals surface area contributed by atoms with Crippen LogP contribution >= 0.6 is 0 Å². The number of rotatable bonds is 2. The molecule has 1 spiro atoms. The van der Waals surface area contributed by atoms with Gasteiger partial charge < -0.3 is 19.1 Å². The molecule has 0 bridgehead atoms. The number of aromatic nitrogens is 1. The van der Waals surface area contributed by atoms with Crippen LogP contribution in [0.2, 0.25) is 0 Å². The van der Waals surface area contributed by atoms with Crippen LogP contribution in [0.5, 0.6) is 0 Å². The molecule has 2 amide bonds. The van der Waals surface area contributed by atoms with Crippen molar-refractivity contribution in [3.8, 4) is 0 Å². The van der Waals surface area contributed by atoms with E-state index in [1.165, 1.54) is 0 Å². The summed E-state index contributed by atoms with van der Waals surface area (Å²) in [5.74, 6) is -0.250. The van der Waals surface area contributed by atoms with E-state index in [1.807, 2.05) is 13.8 Å². The van der Waals surface area contributed by atoms with Crippen LogP contribution in [0.4, 0.5) is 0 Å². The maximum absolute atomic E-state index is 13.2. The Hall–Kier alpha value is -2.15. The van der Waals surface area contributed by atoms with Gasteiger partial charge in [-0.2, -0.15) is 0 Å². The Kier molecular flexibility index (Phi) is 3.95. The fourth-order valence-corrected chi connectivity index (χ4v) is 4.95. The van der Waals surface area contributed by atoms with E-state index in [2.05, 4.69) is 0 Å². The van der Waals surface area contributed by atoms with Crippen LogP contribution in [-0.2, 0) is 23.0 Å². The third-order valence-electron chi connectivity index (χ3n) is 6.19. The molecule has 26 heavy (non-hydrogen) atoms. The summed E-state index contributed by atoms with van der Waals surface area (Å²) in [6.07, 6.45) is 2.45. The van der Waals surface area contributed by atoms with Crippen molar-refractivity contribution in [2.24, 2.45) is 7.05 Å². The van der Waals surface area contributed by atoms with E-state index < -0.39 is 5.72 Å². The molecule has 4 rings (SSSR count). The number of pyridine rings is 1. The van der Waals surface area contributed by atoms with Crippen molar-refractivity contribution in [2.75, 3.05) is 19.7 Å². The molecule has 4 heterocycles. The maximum Gasteiger partial charge on any atom is 0.263 e. The Morgan fingerprint density at radius 1 is 1.35 bits per heavy atom. The highest BCUT2D eigenvalue weighted by molar-refractivity contribution is 5.95. The van der Waals surface area contributed by atoms with Crippen molar-refractivity contribution in [3.05, 3.63) is 33.2 Å². The van der Waals surface area contributed by atoms with Gasteiger partial charge in [0.25, 0.3) is 11.5 Å². The van der Waals surface area contributed by atoms with E-state index in [0.717, 1.165) is 24.1 Å². The normalized spacial score (nSPS) is 27.7. The molecule has 3 saturated heterocycles. The van der Waals surface area contributed by atoms with Gasteiger partial charge >= 0.3 is 0 Å². The number of carbonyl (C=O) groups is 2. The van der Waals surface area contributed by atoms with E-state index in [0.29, 0.717) is 26.1 Å². The van der Waals surface area contributed by atoms with Gasteiger partial charge in [0.15, 0.2) is 5.72 Å². The second-order valence-corrected chi connectivity index (χ2v) is 7.47. The summed E-state index contributed by atoms with van der Waals surface area (Å²) in [5, 5.41) is 0. The molecule has 1 aromatic rings. The van der Waals surface area contributed by atoms with E-state index in [4.69, 9.17) is 4.74 Å². The maximum atomic E-state index is 13.2. The van der Waals surface area contributed by atoms with Crippen LogP contribution < -0.4 is 5.56 Å². The number of hydrogen-bond acceptors (Lipinski definition) is 4. The van der Waals surface area contributed by atoms with Gasteiger partial charge in [-0.25, -0.2) is 0 Å². The van der Waals surface area contributed by atoms with Gasteiger partial charge in [-0.05, 0) is 31.4 Å². The lowest BCUT2D eigenvalue weighted by atomic mass is 10.0. The van der Waals surface area contributed by atoms with Crippen molar-refractivity contribution < 1.29 is 14.3 Å². The van der Waals surface area contributed by atoms with Gasteiger partial charge in [0.2, 0.25) is 5.91 Å². The third-order valence-corrected chi connectivity index (χ3v) is 6.19. The number of ether oxygens (including phenoxy) is 1. The molecule has 0 radical (unpaired) electrons. The number of amides is 2. The molecule has 140 valence electrons. The van der Waals surface area contributed by atoms with Gasteiger partial charge in [0, 0.05) is 32.3 Å². The summed E-state index contributed by atoms with van der Waals surface area (Å²) in [4.78, 5) is 41.9. The molecule has 7 heteroatoms. The molecule has 7 nitrogen and oxygen atoms in total. The molecular weight excluding hydrogens is 334 g/mol. The van der Waals surface area contributed by atoms with E-state index in [9.17, 15) is 14.4 Å². The molecule has 3 fully saturated rings. The predicted octanol–water partition coefficient (Wildman–Crippen LogP) is 0.820. The second-order valence-electron chi connectivity index (χ2n) is 7.47. The van der Waals surface area contributed by atoms with Gasteiger partial charge in [-0.15, -0.1) is 0 Å². The zero-order valence-electron chi connectivity index (χ0n) is 15.6. The number of carbonyl (C=O) groups excluding carboxylic acids is 2. The quantitative estimate of drug-likeness (QED) is 0.784. The van der Waals surface area contributed by atoms with Crippen LogP contribution in [-0.4, -0.2) is 57.6 Å². The summed E-state index contributed by atoms with van der Waals surface area (Å²) >= 11 is 0. The summed E-state index contributed by atoms with van der Waals surface area (Å²) < 4.78 is 7.61. The predicted molar refractivity (Wildman–Crippen MR) is 94.9 cm³/mol. The number of likely N-dealkylation sites (tertiary alicyclic amines) is 1. The van der Waals surface area contributed by atoms with Crippen molar-refractivity contribution >= 4 is 11.8 Å². The lowest BCUT2D eigenvalue weighted by Crippen LogP contribution is -2.56.